The summed E-state index contributed by atoms with van der Waals surface area (Å²) in [7, 11) is 0. The summed E-state index contributed by atoms with van der Waals surface area (Å²) < 4.78 is 1.02. The van der Waals surface area contributed by atoms with Crippen LogP contribution in [0.25, 0.3) is 0 Å². The Bertz CT molecular complexity index is 559. The molecule has 2 rings (SSSR count). The number of nitrogens with two attached hydrogens (primary N) is 1. The number of halogens is 2. The van der Waals surface area contributed by atoms with Gasteiger partial charge in [-0.2, -0.15) is 15.0 Å². The molecule has 94 valence electrons. The number of benzene rings is 1. The van der Waals surface area contributed by atoms with Crippen LogP contribution in [0.1, 0.15) is 11.1 Å². The molecule has 0 aliphatic rings. The zero-order chi connectivity index (χ0) is 13.3. The van der Waals surface area contributed by atoms with Crippen LogP contribution in [0.4, 0.5) is 17.6 Å². The molecule has 5 nitrogen and oxygen atoms in total. The van der Waals surface area contributed by atoms with Crippen molar-refractivity contribution in [1.82, 2.24) is 15.0 Å². The third-order valence-electron chi connectivity index (χ3n) is 2.36. The van der Waals surface area contributed by atoms with E-state index >= 15 is 0 Å². The molecular weight excluding hydrogens is 318 g/mol. The van der Waals surface area contributed by atoms with Gasteiger partial charge in [-0.3, -0.25) is 0 Å². The van der Waals surface area contributed by atoms with Gasteiger partial charge < -0.3 is 11.1 Å². The summed E-state index contributed by atoms with van der Waals surface area (Å²) in [6.45, 7) is 3.98. The summed E-state index contributed by atoms with van der Waals surface area (Å²) in [5.41, 5.74) is 8.58. The quantitative estimate of drug-likeness (QED) is 0.885. The van der Waals surface area contributed by atoms with E-state index in [4.69, 9.17) is 17.3 Å². The fourth-order valence-corrected chi connectivity index (χ4v) is 2.49. The van der Waals surface area contributed by atoms with Crippen LogP contribution >= 0.6 is 27.5 Å². The number of hydrogen-bond donors (Lipinski definition) is 2. The number of aryl methyl sites for hydroxylation is 2. The Morgan fingerprint density at radius 3 is 2.33 bits per heavy atom. The fourth-order valence-electron chi connectivity index (χ4n) is 1.64. The molecule has 0 unspecified atom stereocenters. The van der Waals surface area contributed by atoms with Crippen molar-refractivity contribution in [2.45, 2.75) is 13.8 Å². The average molecular weight is 329 g/mol. The minimum absolute atomic E-state index is 0.0671. The zero-order valence-electron chi connectivity index (χ0n) is 9.83. The number of aromatic nitrogens is 3. The lowest BCUT2D eigenvalue weighted by Gasteiger charge is -2.12. The van der Waals surface area contributed by atoms with Gasteiger partial charge in [-0.1, -0.05) is 15.9 Å². The van der Waals surface area contributed by atoms with Crippen LogP contribution in [0.5, 0.6) is 0 Å². The summed E-state index contributed by atoms with van der Waals surface area (Å²) in [4.78, 5) is 11.7. The lowest BCUT2D eigenvalue weighted by Crippen LogP contribution is -2.05. The average Bonchev–Trinajstić information content (AvgIpc) is 2.22. The molecule has 0 aliphatic carbocycles. The molecule has 1 aromatic heterocycles. The van der Waals surface area contributed by atoms with Gasteiger partial charge >= 0.3 is 0 Å². The van der Waals surface area contributed by atoms with E-state index < -0.39 is 0 Å². The van der Waals surface area contributed by atoms with Crippen LogP contribution in [0.15, 0.2) is 16.6 Å². The van der Waals surface area contributed by atoms with E-state index in [-0.39, 0.29) is 11.2 Å². The first kappa shape index (κ1) is 13.0. The van der Waals surface area contributed by atoms with Gasteiger partial charge in [-0.05, 0) is 48.7 Å². The predicted molar refractivity (Wildman–Crippen MR) is 76.1 cm³/mol. The Kier molecular flexibility index (Phi) is 3.68. The van der Waals surface area contributed by atoms with E-state index in [0.29, 0.717) is 5.95 Å². The minimum Gasteiger partial charge on any atom is -0.368 e. The highest BCUT2D eigenvalue weighted by atomic mass is 79.9. The molecule has 0 aliphatic heterocycles. The van der Waals surface area contributed by atoms with Crippen LogP contribution in [-0.4, -0.2) is 15.0 Å². The van der Waals surface area contributed by atoms with Crippen molar-refractivity contribution in [1.29, 1.82) is 0 Å². The maximum atomic E-state index is 5.73. The summed E-state index contributed by atoms with van der Waals surface area (Å²) in [5, 5.41) is 3.17. The summed E-state index contributed by atoms with van der Waals surface area (Å²) in [5.74, 6) is 0.422. The molecule has 1 heterocycles. The van der Waals surface area contributed by atoms with E-state index in [1.807, 2.05) is 26.0 Å². The fraction of sp³-hybridized carbons (Fsp3) is 0.182. The van der Waals surface area contributed by atoms with Gasteiger partial charge in [0.2, 0.25) is 17.2 Å². The first-order chi connectivity index (χ1) is 8.45. The van der Waals surface area contributed by atoms with Gasteiger partial charge in [-0.15, -0.1) is 0 Å². The Morgan fingerprint density at radius 2 is 1.78 bits per heavy atom. The van der Waals surface area contributed by atoms with E-state index in [1.54, 1.807) is 0 Å². The maximum absolute atomic E-state index is 5.73. The van der Waals surface area contributed by atoms with Crippen LogP contribution in [-0.2, 0) is 0 Å². The lowest BCUT2D eigenvalue weighted by molar-refractivity contribution is 1.07. The first-order valence-corrected chi connectivity index (χ1v) is 6.33. The number of anilines is 3. The second-order valence-electron chi connectivity index (χ2n) is 3.83. The standard InChI is InChI=1S/C11H11BrClN5/c1-5-3-7(12)4-6(2)8(5)15-11-17-9(13)16-10(14)18-11/h3-4H,1-2H3,(H3,14,15,16,17,18). The normalized spacial score (nSPS) is 10.4. The topological polar surface area (TPSA) is 76.7 Å². The maximum Gasteiger partial charge on any atom is 0.233 e. The predicted octanol–water partition coefficient (Wildman–Crippen LogP) is 3.23. The lowest BCUT2D eigenvalue weighted by atomic mass is 10.1. The Morgan fingerprint density at radius 1 is 1.17 bits per heavy atom. The van der Waals surface area contributed by atoms with E-state index in [2.05, 4.69) is 36.2 Å². The van der Waals surface area contributed by atoms with Crippen LogP contribution in [0, 0.1) is 13.8 Å². The summed E-state index contributed by atoms with van der Waals surface area (Å²) >= 11 is 9.18. The van der Waals surface area contributed by atoms with Crippen LogP contribution in [0.3, 0.4) is 0 Å². The number of rotatable bonds is 2. The highest BCUT2D eigenvalue weighted by Crippen LogP contribution is 2.27. The van der Waals surface area contributed by atoms with Gasteiger partial charge in [0, 0.05) is 10.2 Å². The molecule has 0 saturated carbocycles. The molecule has 0 atom stereocenters. The molecule has 0 amide bonds. The van der Waals surface area contributed by atoms with Gasteiger partial charge in [0.25, 0.3) is 0 Å². The Balaban J connectivity index is 2.40. The van der Waals surface area contributed by atoms with Crippen molar-refractivity contribution in [3.8, 4) is 0 Å². The molecule has 3 N–H and O–H groups in total. The third kappa shape index (κ3) is 2.88. The molecule has 7 heteroatoms. The van der Waals surface area contributed by atoms with Gasteiger partial charge in [-0.25, -0.2) is 0 Å². The molecule has 2 aromatic rings. The zero-order valence-corrected chi connectivity index (χ0v) is 12.2. The molecule has 0 radical (unpaired) electrons. The van der Waals surface area contributed by atoms with Gasteiger partial charge in [0.05, 0.1) is 0 Å². The molecule has 0 bridgehead atoms. The van der Waals surface area contributed by atoms with Crippen molar-refractivity contribution >= 4 is 45.1 Å². The molecule has 0 saturated heterocycles. The molecule has 1 aromatic carbocycles. The number of nitrogen functional groups attached to an aromatic ring is 1. The van der Waals surface area contributed by atoms with Crippen molar-refractivity contribution < 1.29 is 0 Å². The summed E-state index contributed by atoms with van der Waals surface area (Å²) in [6, 6.07) is 4.00. The first-order valence-electron chi connectivity index (χ1n) is 5.16. The molecular formula is C11H11BrClN5. The summed E-state index contributed by atoms with van der Waals surface area (Å²) in [6.07, 6.45) is 0. The van der Waals surface area contributed by atoms with Crippen molar-refractivity contribution in [3.05, 3.63) is 33.0 Å². The molecule has 0 spiro atoms. The van der Waals surface area contributed by atoms with E-state index in [9.17, 15) is 0 Å². The van der Waals surface area contributed by atoms with E-state index in [0.717, 1.165) is 21.3 Å². The van der Waals surface area contributed by atoms with Crippen molar-refractivity contribution in [2.75, 3.05) is 11.1 Å². The number of hydrogen-bond acceptors (Lipinski definition) is 5. The van der Waals surface area contributed by atoms with Gasteiger partial charge in [0.15, 0.2) is 0 Å². The van der Waals surface area contributed by atoms with Crippen LogP contribution < -0.4 is 11.1 Å². The van der Waals surface area contributed by atoms with Crippen LogP contribution in [0.2, 0.25) is 5.28 Å². The largest absolute Gasteiger partial charge is 0.368 e. The molecule has 18 heavy (non-hydrogen) atoms. The minimum atomic E-state index is 0.0671. The monoisotopic (exact) mass is 327 g/mol. The Labute approximate surface area is 118 Å². The highest BCUT2D eigenvalue weighted by Gasteiger charge is 2.08. The smallest absolute Gasteiger partial charge is 0.233 e. The molecule has 0 fully saturated rings. The van der Waals surface area contributed by atoms with Crippen molar-refractivity contribution in [2.24, 2.45) is 0 Å². The Hall–Kier alpha value is -1.40. The highest BCUT2D eigenvalue weighted by molar-refractivity contribution is 9.10. The number of nitrogens with zero attached hydrogens (tertiary/aromatic N) is 3. The van der Waals surface area contributed by atoms with E-state index in [1.165, 1.54) is 0 Å². The van der Waals surface area contributed by atoms with Crippen molar-refractivity contribution in [3.63, 3.8) is 0 Å². The SMILES string of the molecule is Cc1cc(Br)cc(C)c1Nc1nc(N)nc(Cl)n1. The van der Waals surface area contributed by atoms with Gasteiger partial charge in [0.1, 0.15) is 0 Å². The number of nitrogens with one attached hydrogen (secondary N) is 1. The second kappa shape index (κ2) is 5.07. The third-order valence-corrected chi connectivity index (χ3v) is 2.99. The second-order valence-corrected chi connectivity index (χ2v) is 5.08.